The van der Waals surface area contributed by atoms with E-state index in [4.69, 9.17) is 15.2 Å². The molecule has 0 spiro atoms. The fourth-order valence-corrected chi connectivity index (χ4v) is 3.97. The number of methoxy groups -OCH3 is 2. The first-order valence-corrected chi connectivity index (χ1v) is 8.41. The Balaban J connectivity index is 0.00000264. The maximum absolute atomic E-state index is 14.2. The van der Waals surface area contributed by atoms with E-state index in [2.05, 4.69) is 4.72 Å². The second kappa shape index (κ2) is 7.21. The van der Waals surface area contributed by atoms with E-state index in [1.165, 1.54) is 14.2 Å². The third-order valence-corrected chi connectivity index (χ3v) is 5.62. The van der Waals surface area contributed by atoms with E-state index >= 15 is 0 Å². The number of ether oxygens (including phenoxy) is 2. The largest absolute Gasteiger partial charge is 0.493 e. The maximum atomic E-state index is 14.2. The van der Waals surface area contributed by atoms with Gasteiger partial charge in [-0.25, -0.2) is 17.5 Å². The lowest BCUT2D eigenvalue weighted by Crippen LogP contribution is -2.53. The van der Waals surface area contributed by atoms with Crippen LogP contribution in [0.25, 0.3) is 0 Å². The lowest BCUT2D eigenvalue weighted by atomic mass is 9.98. The molecule has 1 aliphatic rings. The first-order valence-electron chi connectivity index (χ1n) is 6.93. The number of nitrogens with one attached hydrogen (secondary N) is 1. The number of nitrogens with two attached hydrogens (primary N) is 1. The van der Waals surface area contributed by atoms with E-state index in [-0.39, 0.29) is 36.4 Å². The van der Waals surface area contributed by atoms with E-state index in [0.29, 0.717) is 0 Å². The molecule has 1 aromatic rings. The van der Waals surface area contributed by atoms with Crippen molar-refractivity contribution in [2.75, 3.05) is 20.8 Å². The van der Waals surface area contributed by atoms with Crippen molar-refractivity contribution in [3.63, 3.8) is 0 Å². The van der Waals surface area contributed by atoms with Gasteiger partial charge < -0.3 is 15.2 Å². The molecule has 0 aliphatic heterocycles. The second-order valence-corrected chi connectivity index (χ2v) is 7.29. The highest BCUT2D eigenvalue weighted by Gasteiger charge is 2.43. The van der Waals surface area contributed by atoms with Gasteiger partial charge in [-0.3, -0.25) is 0 Å². The minimum Gasteiger partial charge on any atom is -0.493 e. The van der Waals surface area contributed by atoms with Crippen molar-refractivity contribution in [2.24, 2.45) is 11.7 Å². The quantitative estimate of drug-likeness (QED) is 0.764. The van der Waals surface area contributed by atoms with Gasteiger partial charge in [0.25, 0.3) is 0 Å². The van der Waals surface area contributed by atoms with Crippen LogP contribution >= 0.6 is 12.4 Å². The van der Waals surface area contributed by atoms with E-state index < -0.39 is 26.3 Å². The van der Waals surface area contributed by atoms with Crippen molar-refractivity contribution in [3.05, 3.63) is 17.9 Å². The highest BCUT2D eigenvalue weighted by atomic mass is 35.5. The van der Waals surface area contributed by atoms with Crippen molar-refractivity contribution in [1.29, 1.82) is 0 Å². The number of rotatable bonds is 7. The zero-order valence-electron chi connectivity index (χ0n) is 13.3. The summed E-state index contributed by atoms with van der Waals surface area (Å²) in [4.78, 5) is -0.481. The average molecular weight is 369 g/mol. The van der Waals surface area contributed by atoms with Crippen LogP contribution in [0.4, 0.5) is 4.39 Å². The zero-order valence-corrected chi connectivity index (χ0v) is 14.9. The first kappa shape index (κ1) is 20.0. The van der Waals surface area contributed by atoms with Crippen molar-refractivity contribution in [1.82, 2.24) is 4.72 Å². The Morgan fingerprint density at radius 3 is 2.26 bits per heavy atom. The van der Waals surface area contributed by atoms with Gasteiger partial charge in [-0.2, -0.15) is 0 Å². The lowest BCUT2D eigenvalue weighted by molar-refractivity contribution is 0.349. The maximum Gasteiger partial charge on any atom is 0.244 e. The molecule has 1 atom stereocenters. The van der Waals surface area contributed by atoms with Gasteiger partial charge in [-0.15, -0.1) is 12.4 Å². The average Bonchev–Trinajstić information content (AvgIpc) is 3.31. The standard InChI is InChI=1S/C14H21FN2O4S.ClH/c1-14(8-16,9-4-5-9)17-22(18,19)13-7-12(21-3)11(20-2)6-10(13)15;/h6-7,9,17H,4-5,8,16H2,1-3H3;1H. The van der Waals surface area contributed by atoms with E-state index in [1.54, 1.807) is 6.92 Å². The Labute approximate surface area is 142 Å². The fourth-order valence-electron chi connectivity index (χ4n) is 2.42. The van der Waals surface area contributed by atoms with Gasteiger partial charge in [0.2, 0.25) is 10.0 Å². The van der Waals surface area contributed by atoms with Crippen LogP contribution in [-0.4, -0.2) is 34.7 Å². The van der Waals surface area contributed by atoms with Crippen molar-refractivity contribution in [2.45, 2.75) is 30.2 Å². The minimum absolute atomic E-state index is 0. The number of benzene rings is 1. The summed E-state index contributed by atoms with van der Waals surface area (Å²) in [5.41, 5.74) is 4.93. The zero-order chi connectivity index (χ0) is 16.5. The van der Waals surface area contributed by atoms with Crippen molar-refractivity contribution < 1.29 is 22.3 Å². The summed E-state index contributed by atoms with van der Waals surface area (Å²) in [6, 6.07) is 2.10. The summed E-state index contributed by atoms with van der Waals surface area (Å²) >= 11 is 0. The predicted octanol–water partition coefficient (Wildman–Crippen LogP) is 1.67. The van der Waals surface area contributed by atoms with E-state index in [9.17, 15) is 12.8 Å². The van der Waals surface area contributed by atoms with Gasteiger partial charge in [0.1, 0.15) is 10.7 Å². The lowest BCUT2D eigenvalue weighted by Gasteiger charge is -2.29. The molecule has 0 bridgehead atoms. The van der Waals surface area contributed by atoms with Gasteiger partial charge in [0, 0.05) is 24.2 Å². The summed E-state index contributed by atoms with van der Waals surface area (Å²) in [6.07, 6.45) is 1.81. The molecule has 1 aromatic carbocycles. The van der Waals surface area contributed by atoms with Crippen molar-refractivity contribution >= 4 is 22.4 Å². The minimum atomic E-state index is -4.06. The summed E-state index contributed by atoms with van der Waals surface area (Å²) in [6.45, 7) is 1.88. The Morgan fingerprint density at radius 1 is 1.30 bits per heavy atom. The Morgan fingerprint density at radius 2 is 1.83 bits per heavy atom. The van der Waals surface area contributed by atoms with Gasteiger partial charge in [0.05, 0.1) is 14.2 Å². The molecule has 0 aromatic heterocycles. The van der Waals surface area contributed by atoms with Crippen LogP contribution in [0.3, 0.4) is 0 Å². The van der Waals surface area contributed by atoms with Crippen LogP contribution < -0.4 is 19.9 Å². The molecule has 1 saturated carbocycles. The van der Waals surface area contributed by atoms with Crippen LogP contribution in [-0.2, 0) is 10.0 Å². The van der Waals surface area contributed by atoms with Crippen LogP contribution in [0.5, 0.6) is 11.5 Å². The molecule has 6 nitrogen and oxygen atoms in total. The fraction of sp³-hybridized carbons (Fsp3) is 0.571. The van der Waals surface area contributed by atoms with Crippen LogP contribution in [0.15, 0.2) is 17.0 Å². The summed E-state index contributed by atoms with van der Waals surface area (Å²) in [7, 11) is -1.36. The Kier molecular flexibility index (Phi) is 6.25. The van der Waals surface area contributed by atoms with Gasteiger partial charge in [-0.1, -0.05) is 0 Å². The summed E-state index contributed by atoms with van der Waals surface area (Å²) in [5.74, 6) is -0.455. The molecule has 1 unspecified atom stereocenters. The molecule has 0 saturated heterocycles. The third kappa shape index (κ3) is 4.06. The third-order valence-electron chi connectivity index (χ3n) is 4.00. The molecule has 0 amide bonds. The van der Waals surface area contributed by atoms with Crippen LogP contribution in [0.1, 0.15) is 19.8 Å². The molecule has 1 aliphatic carbocycles. The molecule has 0 heterocycles. The van der Waals surface area contributed by atoms with Crippen molar-refractivity contribution in [3.8, 4) is 11.5 Å². The molecule has 2 rings (SSSR count). The molecule has 9 heteroatoms. The first-order chi connectivity index (χ1) is 10.3. The molecule has 0 radical (unpaired) electrons. The SMILES string of the molecule is COc1cc(F)c(S(=O)(=O)NC(C)(CN)C2CC2)cc1OC.Cl. The molecule has 23 heavy (non-hydrogen) atoms. The number of hydrogen-bond donors (Lipinski definition) is 2. The molecular weight excluding hydrogens is 347 g/mol. The second-order valence-electron chi connectivity index (χ2n) is 5.64. The highest BCUT2D eigenvalue weighted by Crippen LogP contribution is 2.40. The Bertz CT molecular complexity index is 667. The van der Waals surface area contributed by atoms with Gasteiger partial charge in [-0.05, 0) is 25.7 Å². The van der Waals surface area contributed by atoms with Gasteiger partial charge in [0.15, 0.2) is 11.5 Å². The smallest absolute Gasteiger partial charge is 0.244 e. The van der Waals surface area contributed by atoms with Gasteiger partial charge >= 0.3 is 0 Å². The van der Waals surface area contributed by atoms with Crippen LogP contribution in [0, 0.1) is 11.7 Å². The summed E-state index contributed by atoms with van der Waals surface area (Å²) in [5, 5.41) is 0. The number of hydrogen-bond acceptors (Lipinski definition) is 5. The molecule has 132 valence electrons. The monoisotopic (exact) mass is 368 g/mol. The molecule has 3 N–H and O–H groups in total. The number of sulfonamides is 1. The highest BCUT2D eigenvalue weighted by molar-refractivity contribution is 7.89. The molecule has 1 fully saturated rings. The van der Waals surface area contributed by atoms with E-state index in [1.807, 2.05) is 0 Å². The topological polar surface area (TPSA) is 90.7 Å². The Hall–Kier alpha value is -1.09. The van der Waals surface area contributed by atoms with Crippen LogP contribution in [0.2, 0.25) is 0 Å². The number of halogens is 2. The normalized spacial score (nSPS) is 17.1. The predicted molar refractivity (Wildman–Crippen MR) is 87.3 cm³/mol. The van der Waals surface area contributed by atoms with E-state index in [0.717, 1.165) is 25.0 Å². The summed E-state index contributed by atoms with van der Waals surface area (Å²) < 4.78 is 51.7. The molecular formula is C14H22ClFN2O4S.